The monoisotopic (exact) mass is 128 g/mol. The lowest BCUT2D eigenvalue weighted by molar-refractivity contribution is 0.142. The molecule has 0 saturated carbocycles. The Morgan fingerprint density at radius 3 is 2.89 bits per heavy atom. The Kier molecular flexibility index (Phi) is 5.06. The molecule has 0 aliphatic carbocycles. The van der Waals surface area contributed by atoms with Gasteiger partial charge in [-0.3, -0.25) is 10.3 Å². The molecule has 0 spiro atoms. The molecule has 0 aliphatic rings. The van der Waals surface area contributed by atoms with E-state index in [2.05, 4.69) is 23.6 Å². The Hall–Kier alpha value is -0.670. The van der Waals surface area contributed by atoms with Crippen molar-refractivity contribution >= 4 is 6.72 Å². The summed E-state index contributed by atoms with van der Waals surface area (Å²) in [6, 6.07) is 0. The van der Waals surface area contributed by atoms with Crippen molar-refractivity contribution < 1.29 is 5.11 Å². The zero-order valence-corrected chi connectivity index (χ0v) is 5.38. The standard InChI is InChI=1S/C6H12N2O/c1-3-4-6(9)8-5-7-2/h3,6,8-9H,1-2,4-5H2/t6-/m1/s1. The van der Waals surface area contributed by atoms with Gasteiger partial charge in [0.1, 0.15) is 6.23 Å². The van der Waals surface area contributed by atoms with Crippen molar-refractivity contribution in [3.05, 3.63) is 12.7 Å². The van der Waals surface area contributed by atoms with E-state index in [4.69, 9.17) is 5.11 Å². The average Bonchev–Trinajstić information content (AvgIpc) is 1.85. The van der Waals surface area contributed by atoms with Crippen molar-refractivity contribution in [1.82, 2.24) is 5.32 Å². The van der Waals surface area contributed by atoms with Gasteiger partial charge in [0.15, 0.2) is 0 Å². The number of aliphatic hydroxyl groups is 1. The maximum atomic E-state index is 8.91. The van der Waals surface area contributed by atoms with E-state index >= 15 is 0 Å². The smallest absolute Gasteiger partial charge is 0.109 e. The summed E-state index contributed by atoms with van der Waals surface area (Å²) in [5, 5.41) is 11.6. The molecule has 9 heavy (non-hydrogen) atoms. The molecule has 0 saturated heterocycles. The molecule has 2 N–H and O–H groups in total. The van der Waals surface area contributed by atoms with E-state index in [0.29, 0.717) is 13.1 Å². The molecule has 0 unspecified atom stereocenters. The summed E-state index contributed by atoms with van der Waals surface area (Å²) in [4.78, 5) is 3.50. The van der Waals surface area contributed by atoms with Crippen molar-refractivity contribution in [3.8, 4) is 0 Å². The molecule has 0 rings (SSSR count). The molecule has 0 aliphatic heterocycles. The van der Waals surface area contributed by atoms with E-state index in [9.17, 15) is 0 Å². The van der Waals surface area contributed by atoms with Gasteiger partial charge in [0, 0.05) is 6.42 Å². The number of aliphatic hydroxyl groups excluding tert-OH is 1. The Balaban J connectivity index is 3.14. The van der Waals surface area contributed by atoms with E-state index < -0.39 is 6.23 Å². The third-order valence-electron chi connectivity index (χ3n) is 0.829. The topological polar surface area (TPSA) is 44.6 Å². The van der Waals surface area contributed by atoms with Crippen LogP contribution < -0.4 is 5.32 Å². The van der Waals surface area contributed by atoms with E-state index in [-0.39, 0.29) is 0 Å². The fourth-order valence-corrected chi connectivity index (χ4v) is 0.411. The van der Waals surface area contributed by atoms with Gasteiger partial charge >= 0.3 is 0 Å². The molecule has 0 radical (unpaired) electrons. The summed E-state index contributed by atoms with van der Waals surface area (Å²) in [6.07, 6.45) is 1.64. The second-order valence-corrected chi connectivity index (χ2v) is 1.63. The molecular formula is C6H12N2O. The highest BCUT2D eigenvalue weighted by Crippen LogP contribution is 1.85. The summed E-state index contributed by atoms with van der Waals surface area (Å²) >= 11 is 0. The predicted molar refractivity (Wildman–Crippen MR) is 38.4 cm³/mol. The van der Waals surface area contributed by atoms with Crippen LogP contribution in [0.2, 0.25) is 0 Å². The summed E-state index contributed by atoms with van der Waals surface area (Å²) in [5.74, 6) is 0. The van der Waals surface area contributed by atoms with Crippen LogP contribution in [-0.2, 0) is 0 Å². The first kappa shape index (κ1) is 8.33. The van der Waals surface area contributed by atoms with Gasteiger partial charge in [-0.25, -0.2) is 0 Å². The lowest BCUT2D eigenvalue weighted by atomic mass is 10.4. The van der Waals surface area contributed by atoms with Crippen LogP contribution in [0.15, 0.2) is 17.6 Å². The van der Waals surface area contributed by atoms with Gasteiger partial charge in [0.2, 0.25) is 0 Å². The number of rotatable bonds is 5. The molecule has 0 heterocycles. The lowest BCUT2D eigenvalue weighted by Crippen LogP contribution is -2.27. The highest BCUT2D eigenvalue weighted by Gasteiger charge is 1.95. The van der Waals surface area contributed by atoms with Crippen molar-refractivity contribution in [3.63, 3.8) is 0 Å². The third kappa shape index (κ3) is 5.20. The highest BCUT2D eigenvalue weighted by atomic mass is 16.3. The Morgan fingerprint density at radius 2 is 2.44 bits per heavy atom. The molecule has 0 aromatic heterocycles. The molecule has 1 atom stereocenters. The van der Waals surface area contributed by atoms with Gasteiger partial charge in [-0.1, -0.05) is 6.08 Å². The normalized spacial score (nSPS) is 12.6. The van der Waals surface area contributed by atoms with Gasteiger partial charge in [0.25, 0.3) is 0 Å². The number of nitrogens with one attached hydrogen (secondary N) is 1. The van der Waals surface area contributed by atoms with Crippen LogP contribution in [-0.4, -0.2) is 24.7 Å². The predicted octanol–water partition coefficient (Wildman–Crippen LogP) is 0.129. The second-order valence-electron chi connectivity index (χ2n) is 1.63. The van der Waals surface area contributed by atoms with Gasteiger partial charge in [-0.2, -0.15) is 0 Å². The number of aliphatic imine (C=N–C) groups is 1. The SMILES string of the molecule is C=CC[C@@H](O)NCN=C. The first-order valence-corrected chi connectivity index (χ1v) is 2.76. The minimum absolute atomic E-state index is 0.384. The van der Waals surface area contributed by atoms with E-state index in [0.717, 1.165) is 0 Å². The minimum atomic E-state index is -0.534. The van der Waals surface area contributed by atoms with Crippen LogP contribution in [0, 0.1) is 0 Å². The maximum absolute atomic E-state index is 8.91. The van der Waals surface area contributed by atoms with Crippen molar-refractivity contribution in [1.29, 1.82) is 0 Å². The Morgan fingerprint density at radius 1 is 1.78 bits per heavy atom. The summed E-state index contributed by atoms with van der Waals surface area (Å²) in [5.41, 5.74) is 0. The molecule has 0 fully saturated rings. The fraction of sp³-hybridized carbons (Fsp3) is 0.500. The summed E-state index contributed by atoms with van der Waals surface area (Å²) in [7, 11) is 0. The minimum Gasteiger partial charge on any atom is -0.378 e. The fourth-order valence-electron chi connectivity index (χ4n) is 0.411. The van der Waals surface area contributed by atoms with Crippen LogP contribution in [0.1, 0.15) is 6.42 Å². The average molecular weight is 128 g/mol. The molecule has 0 aromatic rings. The number of nitrogens with zero attached hydrogens (tertiary/aromatic N) is 1. The first-order valence-electron chi connectivity index (χ1n) is 2.76. The maximum Gasteiger partial charge on any atom is 0.109 e. The highest BCUT2D eigenvalue weighted by molar-refractivity contribution is 5.22. The Labute approximate surface area is 55.1 Å². The zero-order chi connectivity index (χ0) is 7.11. The van der Waals surface area contributed by atoms with E-state index in [1.807, 2.05) is 0 Å². The molecule has 0 bridgehead atoms. The van der Waals surface area contributed by atoms with Gasteiger partial charge in [-0.05, 0) is 6.72 Å². The Bertz CT molecular complexity index is 93.1. The van der Waals surface area contributed by atoms with Gasteiger partial charge in [0.05, 0.1) is 6.67 Å². The molecular weight excluding hydrogens is 116 g/mol. The van der Waals surface area contributed by atoms with Gasteiger partial charge < -0.3 is 5.11 Å². The second kappa shape index (κ2) is 5.47. The molecule has 52 valence electrons. The first-order chi connectivity index (χ1) is 4.31. The zero-order valence-electron chi connectivity index (χ0n) is 5.38. The molecule has 3 nitrogen and oxygen atoms in total. The van der Waals surface area contributed by atoms with Crippen LogP contribution >= 0.6 is 0 Å². The van der Waals surface area contributed by atoms with Crippen LogP contribution in [0.25, 0.3) is 0 Å². The van der Waals surface area contributed by atoms with E-state index in [1.165, 1.54) is 0 Å². The van der Waals surface area contributed by atoms with Crippen LogP contribution in [0.4, 0.5) is 0 Å². The van der Waals surface area contributed by atoms with Crippen LogP contribution in [0.5, 0.6) is 0 Å². The van der Waals surface area contributed by atoms with E-state index in [1.54, 1.807) is 6.08 Å². The molecule has 3 heteroatoms. The largest absolute Gasteiger partial charge is 0.378 e. The summed E-state index contributed by atoms with van der Waals surface area (Å²) < 4.78 is 0. The van der Waals surface area contributed by atoms with Crippen LogP contribution in [0.3, 0.4) is 0 Å². The van der Waals surface area contributed by atoms with Gasteiger partial charge in [-0.15, -0.1) is 6.58 Å². The third-order valence-corrected chi connectivity index (χ3v) is 0.829. The number of hydrogen-bond acceptors (Lipinski definition) is 3. The number of hydrogen-bond donors (Lipinski definition) is 2. The van der Waals surface area contributed by atoms with Crippen molar-refractivity contribution in [2.75, 3.05) is 6.67 Å². The van der Waals surface area contributed by atoms with Crippen molar-refractivity contribution in [2.45, 2.75) is 12.6 Å². The quantitative estimate of drug-likeness (QED) is 0.314. The summed E-state index contributed by atoms with van der Waals surface area (Å²) in [6.45, 7) is 7.09. The molecule has 0 aromatic carbocycles. The molecule has 0 amide bonds. The lowest BCUT2D eigenvalue weighted by Gasteiger charge is -2.06. The van der Waals surface area contributed by atoms with Crippen molar-refractivity contribution in [2.24, 2.45) is 4.99 Å².